The maximum Gasteiger partial charge on any atom is 0.169 e. The number of fused-ring (bicyclic) bond motifs is 2. The molecule has 2 aromatic carbocycles. The molecular formula is C41H55ClN2O7. The fourth-order valence-corrected chi connectivity index (χ4v) is 8.34. The van der Waals surface area contributed by atoms with Crippen LogP contribution in [0.15, 0.2) is 70.4 Å². The highest BCUT2D eigenvalue weighted by Crippen LogP contribution is 2.58. The molecule has 0 saturated heterocycles. The smallest absolute Gasteiger partial charge is 0.169 e. The van der Waals surface area contributed by atoms with E-state index in [-0.39, 0.29) is 5.41 Å². The lowest BCUT2D eigenvalue weighted by Crippen LogP contribution is -2.56. The van der Waals surface area contributed by atoms with Gasteiger partial charge in [0.05, 0.1) is 53.0 Å². The molecule has 0 spiro atoms. The predicted octanol–water partition coefficient (Wildman–Crippen LogP) is 8.30. The van der Waals surface area contributed by atoms with Gasteiger partial charge in [-0.3, -0.25) is 0 Å². The average molecular weight is 723 g/mol. The third-order valence-electron chi connectivity index (χ3n) is 10.9. The van der Waals surface area contributed by atoms with Crippen LogP contribution in [0.4, 0.5) is 11.4 Å². The molecule has 0 aromatic heterocycles. The molecule has 5 rings (SSSR count). The number of hydrogen-bond donors (Lipinski definition) is 0. The van der Waals surface area contributed by atoms with E-state index in [0.717, 1.165) is 86.6 Å². The quantitative estimate of drug-likeness (QED) is 0.192. The minimum absolute atomic E-state index is 0.321. The van der Waals surface area contributed by atoms with Crippen LogP contribution in [0.1, 0.15) is 58.1 Å². The Hall–Kier alpha value is -3.63. The van der Waals surface area contributed by atoms with E-state index in [1.807, 2.05) is 12.1 Å². The fraction of sp³-hybridized carbons (Fsp3) is 0.512. The summed E-state index contributed by atoms with van der Waals surface area (Å²) in [7, 11) is 11.9. The Bertz CT molecular complexity index is 1730. The van der Waals surface area contributed by atoms with Crippen molar-refractivity contribution in [1.82, 2.24) is 0 Å². The van der Waals surface area contributed by atoms with Gasteiger partial charge >= 0.3 is 0 Å². The van der Waals surface area contributed by atoms with E-state index >= 15 is 0 Å². The van der Waals surface area contributed by atoms with E-state index in [2.05, 4.69) is 73.9 Å². The van der Waals surface area contributed by atoms with E-state index in [4.69, 9.17) is 44.8 Å². The zero-order valence-electron chi connectivity index (χ0n) is 32.2. The molecule has 0 N–H and O–H groups in total. The van der Waals surface area contributed by atoms with Crippen LogP contribution in [0.2, 0.25) is 0 Å². The molecule has 1 unspecified atom stereocenters. The van der Waals surface area contributed by atoms with Crippen LogP contribution in [0.5, 0.6) is 23.0 Å². The van der Waals surface area contributed by atoms with Crippen molar-refractivity contribution >= 4 is 23.0 Å². The highest BCUT2D eigenvalue weighted by molar-refractivity contribution is 6.32. The van der Waals surface area contributed by atoms with Crippen molar-refractivity contribution in [1.29, 1.82) is 0 Å². The Kier molecular flexibility index (Phi) is 11.8. The number of benzene rings is 2. The molecule has 3 aliphatic rings. The van der Waals surface area contributed by atoms with Crippen LogP contribution in [0.3, 0.4) is 0 Å². The first kappa shape index (κ1) is 38.6. The molecule has 278 valence electrons. The molecule has 9 nitrogen and oxygen atoms in total. The summed E-state index contributed by atoms with van der Waals surface area (Å²) in [5.41, 5.74) is 5.86. The number of rotatable bonds is 14. The molecule has 0 bridgehead atoms. The molecule has 10 heteroatoms. The van der Waals surface area contributed by atoms with Crippen LogP contribution in [-0.2, 0) is 25.0 Å². The number of halogens is 1. The number of anilines is 2. The lowest BCUT2D eigenvalue weighted by molar-refractivity contribution is -0.0190. The predicted molar refractivity (Wildman–Crippen MR) is 205 cm³/mol. The second kappa shape index (κ2) is 15.5. The molecule has 1 aliphatic carbocycles. The van der Waals surface area contributed by atoms with Gasteiger partial charge in [0.2, 0.25) is 0 Å². The highest BCUT2D eigenvalue weighted by atomic mass is 35.5. The average Bonchev–Trinajstić information content (AvgIpc) is 3.46. The molecule has 0 saturated carbocycles. The van der Waals surface area contributed by atoms with Gasteiger partial charge in [-0.15, -0.1) is 0 Å². The molecular weight excluding hydrogens is 668 g/mol. The van der Waals surface area contributed by atoms with Gasteiger partial charge in [0.1, 0.15) is 23.0 Å². The molecule has 2 aliphatic heterocycles. The van der Waals surface area contributed by atoms with Crippen molar-refractivity contribution < 1.29 is 33.2 Å². The van der Waals surface area contributed by atoms with Gasteiger partial charge in [-0.1, -0.05) is 51.4 Å². The normalized spacial score (nSPS) is 22.3. The summed E-state index contributed by atoms with van der Waals surface area (Å²) in [6.45, 7) is 11.2. The Balaban J connectivity index is 1.57. The first-order valence-corrected chi connectivity index (χ1v) is 17.9. The van der Waals surface area contributed by atoms with E-state index < -0.39 is 11.1 Å². The lowest BCUT2D eigenvalue weighted by Gasteiger charge is -2.44. The lowest BCUT2D eigenvalue weighted by atomic mass is 9.76. The first-order valence-electron chi connectivity index (χ1n) is 17.5. The molecule has 2 aromatic rings. The van der Waals surface area contributed by atoms with Crippen molar-refractivity contribution in [3.8, 4) is 23.0 Å². The molecule has 1 atom stereocenters. The van der Waals surface area contributed by atoms with Gasteiger partial charge in [0.25, 0.3) is 0 Å². The van der Waals surface area contributed by atoms with Crippen LogP contribution in [0.25, 0.3) is 0 Å². The van der Waals surface area contributed by atoms with Crippen molar-refractivity contribution in [2.45, 2.75) is 63.5 Å². The van der Waals surface area contributed by atoms with Gasteiger partial charge in [0.15, 0.2) is 5.72 Å². The zero-order chi connectivity index (χ0) is 37.1. The molecule has 0 fully saturated rings. The van der Waals surface area contributed by atoms with Crippen LogP contribution < -0.4 is 28.7 Å². The number of ether oxygens (including phenoxy) is 7. The summed E-state index contributed by atoms with van der Waals surface area (Å²) in [5.74, 6) is 2.99. The Morgan fingerprint density at radius 3 is 1.92 bits per heavy atom. The minimum atomic E-state index is -0.859. The van der Waals surface area contributed by atoms with Crippen LogP contribution in [0, 0.1) is 0 Å². The second-order valence-corrected chi connectivity index (χ2v) is 14.5. The van der Waals surface area contributed by atoms with E-state index in [1.54, 1.807) is 49.8 Å². The summed E-state index contributed by atoms with van der Waals surface area (Å²) < 4.78 is 40.8. The van der Waals surface area contributed by atoms with Crippen molar-refractivity contribution in [2.24, 2.45) is 0 Å². The third kappa shape index (κ3) is 6.63. The summed E-state index contributed by atoms with van der Waals surface area (Å²) in [4.78, 5) is 4.55. The van der Waals surface area contributed by atoms with Gasteiger partial charge in [-0.2, -0.15) is 0 Å². The van der Waals surface area contributed by atoms with E-state index in [0.29, 0.717) is 26.3 Å². The maximum atomic E-state index is 7.29. The molecule has 51 heavy (non-hydrogen) atoms. The molecule has 0 radical (unpaired) electrons. The Morgan fingerprint density at radius 1 is 0.725 bits per heavy atom. The monoisotopic (exact) mass is 722 g/mol. The maximum absolute atomic E-state index is 7.29. The van der Waals surface area contributed by atoms with Crippen LogP contribution >= 0.6 is 11.6 Å². The van der Waals surface area contributed by atoms with Crippen molar-refractivity contribution in [3.05, 3.63) is 81.6 Å². The summed E-state index contributed by atoms with van der Waals surface area (Å²) in [6, 6.07) is 8.05. The van der Waals surface area contributed by atoms with Gasteiger partial charge < -0.3 is 43.0 Å². The Morgan fingerprint density at radius 2 is 1.33 bits per heavy atom. The molecule has 0 amide bonds. The summed E-state index contributed by atoms with van der Waals surface area (Å²) in [6.07, 6.45) is 11.4. The van der Waals surface area contributed by atoms with Crippen molar-refractivity contribution in [3.63, 3.8) is 0 Å². The van der Waals surface area contributed by atoms with Gasteiger partial charge in [-0.25, -0.2) is 0 Å². The fourth-order valence-electron chi connectivity index (χ4n) is 8.02. The number of methoxy groups -OCH3 is 7. The Labute approximate surface area is 309 Å². The second-order valence-electron chi connectivity index (χ2n) is 14.2. The highest BCUT2D eigenvalue weighted by Gasteiger charge is 2.57. The van der Waals surface area contributed by atoms with Crippen LogP contribution in [-0.4, -0.2) is 81.8 Å². The van der Waals surface area contributed by atoms with Gasteiger partial charge in [0, 0.05) is 68.1 Å². The zero-order valence-corrected chi connectivity index (χ0v) is 33.0. The van der Waals surface area contributed by atoms with E-state index in [1.165, 1.54) is 0 Å². The summed E-state index contributed by atoms with van der Waals surface area (Å²) in [5, 5.41) is 0.771. The minimum Gasteiger partial charge on any atom is -0.497 e. The summed E-state index contributed by atoms with van der Waals surface area (Å²) >= 11 is 7.29. The van der Waals surface area contributed by atoms with Crippen molar-refractivity contribution in [2.75, 3.05) is 85.9 Å². The number of nitrogens with zero attached hydrogens (tertiary/aromatic N) is 2. The topological polar surface area (TPSA) is 71.1 Å². The standard InChI is InChI=1S/C41H55ClN2O7/c1-39(2)31-23-29(47-7)25-33(49-9)37(31)43(19-21-45-5)35(39)16-15-27-13-12-14-28(36(27)42)17-18-41(51-11)40(3,4)32-24-30(48-8)26-34(50-10)38(32)44(41)20-22-46-6/h15-18,23-26H,12-14,19-22H2,1-11H3. The largest absolute Gasteiger partial charge is 0.497 e. The SMILES string of the molecule is COCCN1C(=CC=C2CCCC(C=CC3(OC)N(CCOC)c4c(OC)cc(OC)cc4C3(C)C)=C2Cl)C(C)(C)c2cc(OC)cc(OC)c21. The van der Waals surface area contributed by atoms with Gasteiger partial charge in [-0.05, 0) is 65.8 Å². The number of hydrogen-bond acceptors (Lipinski definition) is 9. The third-order valence-corrected chi connectivity index (χ3v) is 11.4. The molecule has 2 heterocycles. The number of allylic oxidation sites excluding steroid dienone is 7. The van der Waals surface area contributed by atoms with E-state index in [9.17, 15) is 0 Å². The first-order chi connectivity index (χ1) is 24.4.